The summed E-state index contributed by atoms with van der Waals surface area (Å²) in [5.41, 5.74) is 0.380. The summed E-state index contributed by atoms with van der Waals surface area (Å²) in [6, 6.07) is 0. The Labute approximate surface area is 134 Å². The van der Waals surface area contributed by atoms with Gasteiger partial charge >= 0.3 is 0 Å². The molecule has 0 unspecified atom stereocenters. The predicted octanol–water partition coefficient (Wildman–Crippen LogP) is 0.688. The highest BCUT2D eigenvalue weighted by molar-refractivity contribution is 4.98. The molecular weight excluding hydrogens is 276 g/mol. The smallest absolute Gasteiger partial charge is 0.129 e. The van der Waals surface area contributed by atoms with Crippen molar-refractivity contribution < 1.29 is 0 Å². The van der Waals surface area contributed by atoms with Crippen LogP contribution in [0.25, 0.3) is 0 Å². The van der Waals surface area contributed by atoms with E-state index in [0.717, 1.165) is 18.9 Å². The van der Waals surface area contributed by atoms with E-state index in [9.17, 15) is 0 Å². The summed E-state index contributed by atoms with van der Waals surface area (Å²) in [6.07, 6.45) is 5.71. The van der Waals surface area contributed by atoms with Crippen molar-refractivity contribution in [3.63, 3.8) is 0 Å². The maximum Gasteiger partial charge on any atom is 0.129 e. The Bertz CT molecular complexity index is 477. The summed E-state index contributed by atoms with van der Waals surface area (Å²) in [4.78, 5) is 7.77. The molecule has 1 aromatic rings. The monoisotopic (exact) mass is 306 g/mol. The minimum atomic E-state index is 0.380. The molecule has 1 spiro atoms. The second-order valence-corrected chi connectivity index (χ2v) is 7.15. The summed E-state index contributed by atoms with van der Waals surface area (Å²) >= 11 is 0. The molecule has 3 heterocycles. The first kappa shape index (κ1) is 15.9. The van der Waals surface area contributed by atoms with Crippen molar-refractivity contribution in [3.05, 3.63) is 12.2 Å². The molecular formula is C16H30N6. The number of aryl methyl sites for hydroxylation is 1. The predicted molar refractivity (Wildman–Crippen MR) is 87.9 cm³/mol. The largest absolute Gasteiger partial charge is 0.317 e. The van der Waals surface area contributed by atoms with Crippen molar-refractivity contribution in [1.29, 1.82) is 0 Å². The second-order valence-electron chi connectivity index (χ2n) is 7.15. The summed E-state index contributed by atoms with van der Waals surface area (Å²) < 4.78 is 2.16. The molecule has 3 rings (SSSR count). The molecule has 22 heavy (non-hydrogen) atoms. The van der Waals surface area contributed by atoms with Crippen molar-refractivity contribution in [2.75, 3.05) is 53.4 Å². The number of rotatable bonds is 3. The second kappa shape index (κ2) is 6.64. The zero-order valence-corrected chi connectivity index (χ0v) is 14.3. The molecule has 2 fully saturated rings. The van der Waals surface area contributed by atoms with Crippen LogP contribution in [-0.4, -0.2) is 88.4 Å². The van der Waals surface area contributed by atoms with Gasteiger partial charge in [0.05, 0.1) is 0 Å². The Balaban J connectivity index is 1.64. The Hall–Kier alpha value is -0.980. The van der Waals surface area contributed by atoms with Crippen molar-refractivity contribution in [1.82, 2.24) is 29.5 Å². The first-order valence-electron chi connectivity index (χ1n) is 8.56. The first-order chi connectivity index (χ1) is 10.6. The highest BCUT2D eigenvalue weighted by atomic mass is 15.3. The van der Waals surface area contributed by atoms with Gasteiger partial charge in [0.15, 0.2) is 0 Å². The van der Waals surface area contributed by atoms with Crippen molar-refractivity contribution >= 4 is 0 Å². The van der Waals surface area contributed by atoms with Crippen LogP contribution < -0.4 is 0 Å². The lowest BCUT2D eigenvalue weighted by molar-refractivity contribution is 0.0346. The van der Waals surface area contributed by atoms with E-state index >= 15 is 0 Å². The number of likely N-dealkylation sites (tertiary alicyclic amines) is 1. The first-order valence-corrected chi connectivity index (χ1v) is 8.56. The molecule has 0 aliphatic carbocycles. The fraction of sp³-hybridized carbons (Fsp3) is 0.875. The van der Waals surface area contributed by atoms with Gasteiger partial charge in [-0.25, -0.2) is 0 Å². The van der Waals surface area contributed by atoms with Crippen LogP contribution >= 0.6 is 0 Å². The minimum absolute atomic E-state index is 0.380. The van der Waals surface area contributed by atoms with Crippen LogP contribution in [0.4, 0.5) is 0 Å². The molecule has 0 amide bonds. The van der Waals surface area contributed by atoms with Crippen LogP contribution in [0.15, 0.2) is 6.33 Å². The van der Waals surface area contributed by atoms with Gasteiger partial charge in [-0.05, 0) is 66.5 Å². The number of piperidine rings is 1. The lowest BCUT2D eigenvalue weighted by Gasteiger charge is -2.47. The van der Waals surface area contributed by atoms with Gasteiger partial charge in [-0.1, -0.05) is 0 Å². The van der Waals surface area contributed by atoms with Crippen molar-refractivity contribution in [2.24, 2.45) is 0 Å². The topological polar surface area (TPSA) is 40.4 Å². The molecule has 124 valence electrons. The van der Waals surface area contributed by atoms with Gasteiger partial charge in [0.2, 0.25) is 0 Å². The van der Waals surface area contributed by atoms with E-state index in [1.807, 2.05) is 13.3 Å². The summed E-state index contributed by atoms with van der Waals surface area (Å²) in [6.45, 7) is 10.2. The zero-order chi connectivity index (χ0) is 15.6. The van der Waals surface area contributed by atoms with Crippen LogP contribution in [0.5, 0.6) is 0 Å². The van der Waals surface area contributed by atoms with E-state index in [4.69, 9.17) is 0 Å². The quantitative estimate of drug-likeness (QED) is 0.822. The standard InChI is InChI=1S/C16H30N6/c1-15-18-17-14-22(15)12-11-21-8-4-7-20(3)16(13-21)5-9-19(2)10-6-16/h14H,4-13H2,1-3H3. The summed E-state index contributed by atoms with van der Waals surface area (Å²) in [5, 5.41) is 8.07. The van der Waals surface area contributed by atoms with E-state index in [-0.39, 0.29) is 0 Å². The number of nitrogens with zero attached hydrogens (tertiary/aromatic N) is 6. The molecule has 2 aliphatic rings. The molecule has 2 saturated heterocycles. The Morgan fingerprint density at radius 1 is 1.09 bits per heavy atom. The van der Waals surface area contributed by atoms with Crippen molar-refractivity contribution in [2.45, 2.75) is 38.3 Å². The van der Waals surface area contributed by atoms with Crippen LogP contribution in [0.3, 0.4) is 0 Å². The van der Waals surface area contributed by atoms with Gasteiger partial charge < -0.3 is 9.47 Å². The third-order valence-corrected chi connectivity index (χ3v) is 5.68. The number of aromatic nitrogens is 3. The molecule has 2 aliphatic heterocycles. The molecule has 0 bridgehead atoms. The van der Waals surface area contributed by atoms with E-state index < -0.39 is 0 Å². The molecule has 1 aromatic heterocycles. The van der Waals surface area contributed by atoms with E-state index in [2.05, 4.69) is 43.6 Å². The van der Waals surface area contributed by atoms with Gasteiger partial charge in [0.1, 0.15) is 12.2 Å². The van der Waals surface area contributed by atoms with Crippen molar-refractivity contribution in [3.8, 4) is 0 Å². The maximum atomic E-state index is 4.08. The Morgan fingerprint density at radius 2 is 1.86 bits per heavy atom. The van der Waals surface area contributed by atoms with Crippen LogP contribution in [0.1, 0.15) is 25.1 Å². The average molecular weight is 306 g/mol. The highest BCUT2D eigenvalue weighted by Gasteiger charge is 2.39. The van der Waals surface area contributed by atoms with E-state index in [1.165, 1.54) is 52.0 Å². The lowest BCUT2D eigenvalue weighted by Crippen LogP contribution is -2.57. The number of hydrogen-bond acceptors (Lipinski definition) is 5. The van der Waals surface area contributed by atoms with Gasteiger partial charge in [0.25, 0.3) is 0 Å². The SMILES string of the molecule is Cc1nncn1CCN1CCCN(C)C2(CCN(C)CC2)C1. The maximum absolute atomic E-state index is 4.08. The van der Waals surface area contributed by atoms with Gasteiger partial charge in [0, 0.05) is 25.2 Å². The third-order valence-electron chi connectivity index (χ3n) is 5.68. The molecule has 0 radical (unpaired) electrons. The van der Waals surface area contributed by atoms with Gasteiger partial charge in [-0.2, -0.15) is 0 Å². The number of hydrogen-bond donors (Lipinski definition) is 0. The van der Waals surface area contributed by atoms with E-state index in [0.29, 0.717) is 5.54 Å². The number of likely N-dealkylation sites (N-methyl/N-ethyl adjacent to an activating group) is 1. The Kier molecular flexibility index (Phi) is 4.80. The normalized spacial score (nSPS) is 24.7. The minimum Gasteiger partial charge on any atom is -0.317 e. The van der Waals surface area contributed by atoms with Crippen LogP contribution in [0.2, 0.25) is 0 Å². The van der Waals surface area contributed by atoms with E-state index in [1.54, 1.807) is 0 Å². The average Bonchev–Trinajstić information content (AvgIpc) is 2.85. The molecule has 0 saturated carbocycles. The Morgan fingerprint density at radius 3 is 2.55 bits per heavy atom. The molecule has 6 heteroatoms. The summed E-state index contributed by atoms with van der Waals surface area (Å²) in [7, 11) is 4.58. The summed E-state index contributed by atoms with van der Waals surface area (Å²) in [5.74, 6) is 1.01. The fourth-order valence-electron chi connectivity index (χ4n) is 3.93. The lowest BCUT2D eigenvalue weighted by atomic mass is 9.85. The molecule has 0 aromatic carbocycles. The molecule has 0 atom stereocenters. The molecule has 0 N–H and O–H groups in total. The highest BCUT2D eigenvalue weighted by Crippen LogP contribution is 2.30. The molecule has 6 nitrogen and oxygen atoms in total. The third kappa shape index (κ3) is 3.34. The van der Waals surface area contributed by atoms with Crippen LogP contribution in [0, 0.1) is 6.92 Å². The van der Waals surface area contributed by atoms with Gasteiger partial charge in [-0.3, -0.25) is 9.80 Å². The zero-order valence-electron chi connectivity index (χ0n) is 14.3. The van der Waals surface area contributed by atoms with Crippen LogP contribution in [-0.2, 0) is 6.54 Å². The van der Waals surface area contributed by atoms with Gasteiger partial charge in [-0.15, -0.1) is 10.2 Å². The fourth-order valence-corrected chi connectivity index (χ4v) is 3.93.